The molecule has 6 atom stereocenters. The molecule has 2 heterocycles. The van der Waals surface area contributed by atoms with Crippen molar-refractivity contribution in [1.29, 1.82) is 0 Å². The van der Waals surface area contributed by atoms with Crippen LogP contribution in [-0.2, 0) is 33.2 Å². The molecule has 2 saturated heterocycles. The second-order valence-corrected chi connectivity index (χ2v) is 7.47. The molecule has 0 bridgehead atoms. The quantitative estimate of drug-likeness (QED) is 0.577. The summed E-state index contributed by atoms with van der Waals surface area (Å²) in [5.41, 5.74) is -5.11. The van der Waals surface area contributed by atoms with Crippen LogP contribution in [0.3, 0.4) is 0 Å². The molecule has 2 aliphatic heterocycles. The molecule has 0 amide bonds. The summed E-state index contributed by atoms with van der Waals surface area (Å²) >= 11 is 0. The molecule has 1 aromatic carbocycles. The van der Waals surface area contributed by atoms with E-state index in [9.17, 15) is 26.7 Å². The highest BCUT2D eigenvalue weighted by atomic mass is 32.2. The zero-order chi connectivity index (χ0) is 19.8. The van der Waals surface area contributed by atoms with Crippen LogP contribution in [0.25, 0.3) is 0 Å². The molecule has 1 N–H and O–H groups in total. The summed E-state index contributed by atoms with van der Waals surface area (Å²) in [5, 5.41) is 10.2. The number of halogens is 3. The van der Waals surface area contributed by atoms with E-state index in [0.717, 1.165) is 7.11 Å². The van der Waals surface area contributed by atoms with E-state index in [4.69, 9.17) is 18.9 Å². The second kappa shape index (κ2) is 7.62. The average Bonchev–Trinajstić information content (AvgIpc) is 2.63. The van der Waals surface area contributed by atoms with Gasteiger partial charge in [0.1, 0.15) is 24.4 Å². The molecule has 152 valence electrons. The minimum Gasteiger partial charge on any atom is -0.385 e. The van der Waals surface area contributed by atoms with E-state index in [1.165, 1.54) is 0 Å². The van der Waals surface area contributed by atoms with Crippen molar-refractivity contribution in [3.05, 3.63) is 35.9 Å². The van der Waals surface area contributed by atoms with Crippen molar-refractivity contribution in [3.8, 4) is 0 Å². The Kier molecular flexibility index (Phi) is 5.77. The van der Waals surface area contributed by atoms with E-state index in [1.54, 1.807) is 30.3 Å². The predicted octanol–water partition coefficient (Wildman–Crippen LogP) is 1.07. The van der Waals surface area contributed by atoms with Gasteiger partial charge in [-0.25, -0.2) is 0 Å². The topological polar surface area (TPSA) is 101 Å². The van der Waals surface area contributed by atoms with Crippen LogP contribution in [0.15, 0.2) is 30.3 Å². The maximum absolute atomic E-state index is 12.7. The zero-order valence-electron chi connectivity index (χ0n) is 13.9. The second-order valence-electron chi connectivity index (χ2n) is 5.91. The van der Waals surface area contributed by atoms with Gasteiger partial charge in [-0.15, -0.1) is 0 Å². The third-order valence-corrected chi connectivity index (χ3v) is 5.18. The lowest BCUT2D eigenvalue weighted by Gasteiger charge is -2.46. The number of hydrogen-bond acceptors (Lipinski definition) is 8. The van der Waals surface area contributed by atoms with Crippen molar-refractivity contribution in [2.45, 2.75) is 42.5 Å². The van der Waals surface area contributed by atoms with Gasteiger partial charge >= 0.3 is 15.6 Å². The summed E-state index contributed by atoms with van der Waals surface area (Å²) in [7, 11) is -4.85. The molecular weight excluding hydrogens is 397 g/mol. The number of aliphatic hydroxyl groups is 1. The zero-order valence-corrected chi connectivity index (χ0v) is 14.7. The van der Waals surface area contributed by atoms with Crippen molar-refractivity contribution >= 4 is 10.1 Å². The van der Waals surface area contributed by atoms with Gasteiger partial charge < -0.3 is 24.1 Å². The molecule has 27 heavy (non-hydrogen) atoms. The molecule has 1 unspecified atom stereocenters. The largest absolute Gasteiger partial charge is 0.523 e. The lowest BCUT2D eigenvalue weighted by atomic mass is 9.98. The fourth-order valence-corrected chi connectivity index (χ4v) is 3.47. The Labute approximate surface area is 152 Å². The molecule has 2 fully saturated rings. The Morgan fingerprint density at radius 2 is 1.85 bits per heavy atom. The van der Waals surface area contributed by atoms with E-state index in [0.29, 0.717) is 5.56 Å². The fraction of sp³-hybridized carbons (Fsp3) is 0.600. The van der Waals surface area contributed by atoms with Crippen molar-refractivity contribution in [2.75, 3.05) is 13.7 Å². The molecule has 0 spiro atoms. The average molecular weight is 414 g/mol. The smallest absolute Gasteiger partial charge is 0.385 e. The van der Waals surface area contributed by atoms with Crippen LogP contribution in [0.5, 0.6) is 0 Å². The van der Waals surface area contributed by atoms with Crippen molar-refractivity contribution in [1.82, 2.24) is 0 Å². The molecule has 1 aromatic rings. The third kappa shape index (κ3) is 4.11. The Bertz CT molecular complexity index is 741. The van der Waals surface area contributed by atoms with Gasteiger partial charge in [-0.2, -0.15) is 21.6 Å². The summed E-state index contributed by atoms with van der Waals surface area (Å²) in [6.07, 6.45) is -8.52. The van der Waals surface area contributed by atoms with Crippen LogP contribution in [0, 0.1) is 0 Å². The standard InChI is InChI=1S/C15H17F3O8S/c1-22-14-10(19)12(26-27(20,21)15(16,17)18)11-9(24-14)7-23-13(25-11)8-5-3-2-4-6-8/h2-6,9-14,19H,7H2,1H3/t9-,10-,11+,12-,13?,14-/m1/s1. The SMILES string of the molecule is CO[C@@H]1O[C@@H]2COC(c3ccccc3)O[C@@H]2[C@H](OS(=O)(=O)C(F)(F)F)[C@H]1O. The van der Waals surface area contributed by atoms with Gasteiger partial charge in [-0.05, 0) is 0 Å². The van der Waals surface area contributed by atoms with Crippen LogP contribution in [0.4, 0.5) is 13.2 Å². The molecule has 3 rings (SSSR count). The maximum Gasteiger partial charge on any atom is 0.523 e. The van der Waals surface area contributed by atoms with E-state index in [1.807, 2.05) is 0 Å². The van der Waals surface area contributed by atoms with Gasteiger partial charge in [-0.3, -0.25) is 4.18 Å². The molecule has 0 radical (unpaired) electrons. The first-order valence-corrected chi connectivity index (χ1v) is 9.23. The van der Waals surface area contributed by atoms with Crippen LogP contribution in [0.1, 0.15) is 11.9 Å². The fourth-order valence-electron chi connectivity index (χ4n) is 2.85. The molecule has 0 aromatic heterocycles. The lowest BCUT2D eigenvalue weighted by molar-refractivity contribution is -0.355. The molecule has 0 aliphatic carbocycles. The van der Waals surface area contributed by atoms with Gasteiger partial charge in [0, 0.05) is 12.7 Å². The Hall–Kier alpha value is -1.28. The monoisotopic (exact) mass is 414 g/mol. The number of rotatable bonds is 4. The van der Waals surface area contributed by atoms with Crippen molar-refractivity contribution in [3.63, 3.8) is 0 Å². The summed E-state index contributed by atoms with van der Waals surface area (Å²) < 4.78 is 86.8. The minimum absolute atomic E-state index is 0.136. The van der Waals surface area contributed by atoms with E-state index in [2.05, 4.69) is 4.18 Å². The Morgan fingerprint density at radius 1 is 1.19 bits per heavy atom. The number of ether oxygens (including phenoxy) is 4. The first kappa shape index (κ1) is 20.5. The predicted molar refractivity (Wildman–Crippen MR) is 81.5 cm³/mol. The normalized spacial score (nSPS) is 34.9. The minimum atomic E-state index is -5.99. The number of methoxy groups -OCH3 is 1. The van der Waals surface area contributed by atoms with Gasteiger partial charge in [0.15, 0.2) is 12.6 Å². The molecule has 8 nitrogen and oxygen atoms in total. The number of alkyl halides is 3. The first-order valence-electron chi connectivity index (χ1n) is 7.82. The lowest BCUT2D eigenvalue weighted by Crippen LogP contribution is -2.63. The molecule has 12 heteroatoms. The number of fused-ring (bicyclic) bond motifs is 1. The highest BCUT2D eigenvalue weighted by Gasteiger charge is 2.56. The summed E-state index contributed by atoms with van der Waals surface area (Å²) in [6, 6.07) is 8.46. The number of benzene rings is 1. The van der Waals surface area contributed by atoms with Crippen LogP contribution < -0.4 is 0 Å². The molecular formula is C15H17F3O8S. The highest BCUT2D eigenvalue weighted by molar-refractivity contribution is 7.87. The summed E-state index contributed by atoms with van der Waals surface area (Å²) in [5.74, 6) is 0. The van der Waals surface area contributed by atoms with E-state index < -0.39 is 52.6 Å². The van der Waals surface area contributed by atoms with E-state index >= 15 is 0 Å². The van der Waals surface area contributed by atoms with Crippen LogP contribution in [-0.4, -0.2) is 63.5 Å². The summed E-state index contributed by atoms with van der Waals surface area (Å²) in [4.78, 5) is 0. The third-order valence-electron chi connectivity index (χ3n) is 4.13. The van der Waals surface area contributed by atoms with Gasteiger partial charge in [-0.1, -0.05) is 30.3 Å². The van der Waals surface area contributed by atoms with Crippen molar-refractivity contribution < 1.29 is 49.8 Å². The van der Waals surface area contributed by atoms with Gasteiger partial charge in [0.2, 0.25) is 0 Å². The van der Waals surface area contributed by atoms with E-state index in [-0.39, 0.29) is 6.61 Å². The summed E-state index contributed by atoms with van der Waals surface area (Å²) in [6.45, 7) is -0.136. The van der Waals surface area contributed by atoms with Gasteiger partial charge in [0.25, 0.3) is 0 Å². The number of aliphatic hydroxyl groups excluding tert-OH is 1. The number of hydrogen-bond donors (Lipinski definition) is 1. The van der Waals surface area contributed by atoms with Crippen LogP contribution >= 0.6 is 0 Å². The van der Waals surface area contributed by atoms with Crippen LogP contribution in [0.2, 0.25) is 0 Å². The maximum atomic E-state index is 12.7. The Balaban J connectivity index is 1.87. The Morgan fingerprint density at radius 3 is 2.44 bits per heavy atom. The molecule has 0 saturated carbocycles. The van der Waals surface area contributed by atoms with Crippen molar-refractivity contribution in [2.24, 2.45) is 0 Å². The van der Waals surface area contributed by atoms with Gasteiger partial charge in [0.05, 0.1) is 6.61 Å². The first-order chi connectivity index (χ1) is 12.6. The highest BCUT2D eigenvalue weighted by Crippen LogP contribution is 2.37. The molecule has 2 aliphatic rings.